The molecule has 0 unspecified atom stereocenters. The molecule has 2 amide bonds. The Kier molecular flexibility index (Phi) is 5.51. The van der Waals surface area contributed by atoms with E-state index in [1.165, 1.54) is 43.3 Å². The zero-order valence-corrected chi connectivity index (χ0v) is 18.3. The van der Waals surface area contributed by atoms with E-state index in [1.807, 2.05) is 0 Å². The number of alkyl halides is 6. The molecular weight excluding hydrogens is 488 g/mol. The predicted octanol–water partition coefficient (Wildman–Crippen LogP) is 5.16. The summed E-state index contributed by atoms with van der Waals surface area (Å²) >= 11 is 6.06. The molecule has 12 heteroatoms. The Balaban J connectivity index is 1.72. The third-order valence-electron chi connectivity index (χ3n) is 5.54. The van der Waals surface area contributed by atoms with Gasteiger partial charge in [0.2, 0.25) is 0 Å². The number of rotatable bonds is 3. The molecule has 5 nitrogen and oxygen atoms in total. The van der Waals surface area contributed by atoms with Crippen molar-refractivity contribution in [3.63, 3.8) is 0 Å². The second-order valence-corrected chi connectivity index (χ2v) is 8.13. The average Bonchev–Trinajstić information content (AvgIpc) is 3.18. The van der Waals surface area contributed by atoms with Crippen LogP contribution in [0.3, 0.4) is 0 Å². The average molecular weight is 503 g/mol. The molecule has 0 atom stereocenters. The number of aromatic nitrogens is 2. The van der Waals surface area contributed by atoms with Crippen molar-refractivity contribution >= 4 is 29.1 Å². The first-order valence-electron chi connectivity index (χ1n) is 9.73. The fourth-order valence-electron chi connectivity index (χ4n) is 3.98. The number of carbonyl (C=O) groups is 2. The number of halogens is 7. The lowest BCUT2D eigenvalue weighted by Gasteiger charge is -2.18. The molecule has 34 heavy (non-hydrogen) atoms. The number of hydrogen-bond donors (Lipinski definition) is 0. The second-order valence-electron chi connectivity index (χ2n) is 7.72. The number of fused-ring (bicyclic) bond motifs is 1. The predicted molar refractivity (Wildman–Crippen MR) is 108 cm³/mol. The molecule has 0 aliphatic carbocycles. The van der Waals surface area contributed by atoms with Crippen molar-refractivity contribution in [2.75, 3.05) is 4.90 Å². The van der Waals surface area contributed by atoms with Gasteiger partial charge in [0.15, 0.2) is 12.7 Å². The van der Waals surface area contributed by atoms with Crippen molar-refractivity contribution in [2.45, 2.75) is 25.8 Å². The molecule has 0 saturated heterocycles. The Morgan fingerprint density at radius 2 is 1.62 bits per heavy atom. The summed E-state index contributed by atoms with van der Waals surface area (Å²) in [5.41, 5.74) is -1.95. The van der Waals surface area contributed by atoms with Crippen LogP contribution in [0.5, 0.6) is 0 Å². The summed E-state index contributed by atoms with van der Waals surface area (Å²) in [6.45, 7) is 1.00. The highest BCUT2D eigenvalue weighted by Gasteiger charge is 2.48. The molecule has 2 aromatic carbocycles. The SMILES string of the molecule is Cc1cc(Cn2c(C(F)(F)F)cc(C(F)(F)F)[n+]2C)ccc1N1C(=O)c2cccc(Cl)c2C1=O. The normalized spacial score (nSPS) is 14.2. The van der Waals surface area contributed by atoms with Crippen LogP contribution in [-0.4, -0.2) is 16.5 Å². The molecule has 0 spiro atoms. The van der Waals surface area contributed by atoms with Crippen LogP contribution in [0.15, 0.2) is 42.5 Å². The first-order valence-corrected chi connectivity index (χ1v) is 10.1. The Morgan fingerprint density at radius 3 is 2.18 bits per heavy atom. The van der Waals surface area contributed by atoms with Gasteiger partial charge in [0.25, 0.3) is 11.8 Å². The highest BCUT2D eigenvalue weighted by Crippen LogP contribution is 2.36. The number of amides is 2. The lowest BCUT2D eigenvalue weighted by molar-refractivity contribution is -0.769. The van der Waals surface area contributed by atoms with Crippen LogP contribution in [0.2, 0.25) is 5.02 Å². The Hall–Kier alpha value is -3.34. The maximum atomic E-state index is 13.4. The minimum Gasteiger partial charge on any atom is -0.268 e. The maximum Gasteiger partial charge on any atom is 0.479 e. The van der Waals surface area contributed by atoms with Crippen molar-refractivity contribution in [1.82, 2.24) is 4.68 Å². The molecule has 0 N–H and O–H groups in total. The van der Waals surface area contributed by atoms with Crippen molar-refractivity contribution in [3.05, 3.63) is 81.1 Å². The molecular formula is C22H15ClF6N3O2+. The monoisotopic (exact) mass is 502 g/mol. The van der Waals surface area contributed by atoms with E-state index in [2.05, 4.69) is 0 Å². The smallest absolute Gasteiger partial charge is 0.268 e. The second kappa shape index (κ2) is 7.86. The Labute approximate surface area is 193 Å². The van der Waals surface area contributed by atoms with Crippen LogP contribution >= 0.6 is 11.6 Å². The van der Waals surface area contributed by atoms with Gasteiger partial charge in [0.05, 0.1) is 27.9 Å². The summed E-state index contributed by atoms with van der Waals surface area (Å²) in [6, 6.07) is 8.63. The number of imide groups is 1. The fraction of sp³-hybridized carbons (Fsp3) is 0.227. The fourth-order valence-corrected chi connectivity index (χ4v) is 4.23. The van der Waals surface area contributed by atoms with Gasteiger partial charge in [-0.05, 0) is 36.2 Å². The number of carbonyl (C=O) groups excluding carboxylic acids is 2. The summed E-state index contributed by atoms with van der Waals surface area (Å²) in [5.74, 6) is -1.25. The zero-order chi connectivity index (χ0) is 25.2. The number of aryl methyl sites for hydroxylation is 1. The van der Waals surface area contributed by atoms with E-state index in [0.29, 0.717) is 14.9 Å². The maximum absolute atomic E-state index is 13.4. The first-order chi connectivity index (χ1) is 15.7. The third kappa shape index (κ3) is 3.83. The van der Waals surface area contributed by atoms with E-state index in [1.54, 1.807) is 0 Å². The number of nitrogens with zero attached hydrogens (tertiary/aromatic N) is 3. The van der Waals surface area contributed by atoms with Crippen molar-refractivity contribution < 1.29 is 40.6 Å². The Bertz CT molecular complexity index is 1340. The van der Waals surface area contributed by atoms with Gasteiger partial charge in [-0.1, -0.05) is 29.8 Å². The minimum atomic E-state index is -5.02. The molecule has 0 fully saturated rings. The minimum absolute atomic E-state index is 0.0477. The van der Waals surface area contributed by atoms with Gasteiger partial charge in [-0.15, -0.1) is 9.36 Å². The van der Waals surface area contributed by atoms with Crippen molar-refractivity contribution in [3.8, 4) is 0 Å². The van der Waals surface area contributed by atoms with Crippen molar-refractivity contribution in [1.29, 1.82) is 0 Å². The van der Waals surface area contributed by atoms with Crippen LogP contribution < -0.4 is 9.58 Å². The molecule has 1 aromatic heterocycles. The molecule has 4 rings (SSSR count). The van der Waals surface area contributed by atoms with Gasteiger partial charge >= 0.3 is 18.0 Å². The standard InChI is InChI=1S/C22H15ClF6N3O2/c1-11-8-12(10-31-17(22(27,28)29)9-16(30(31)2)21(24,25)26)6-7-15(11)32-19(33)13-4-3-5-14(23)18(13)20(32)34/h3-9H,10H2,1-2H3/q+1. The number of benzene rings is 2. The largest absolute Gasteiger partial charge is 0.479 e. The molecule has 3 aromatic rings. The van der Waals surface area contributed by atoms with Crippen molar-refractivity contribution in [2.24, 2.45) is 7.05 Å². The Morgan fingerprint density at radius 1 is 0.941 bits per heavy atom. The van der Waals surface area contributed by atoms with E-state index < -0.39 is 42.1 Å². The van der Waals surface area contributed by atoms with Gasteiger partial charge in [0.1, 0.15) is 6.54 Å². The van der Waals surface area contributed by atoms with Crippen LogP contribution in [0, 0.1) is 6.92 Å². The van der Waals surface area contributed by atoms with E-state index in [9.17, 15) is 35.9 Å². The molecule has 0 bridgehead atoms. The molecule has 1 aliphatic rings. The van der Waals surface area contributed by atoms with Crippen LogP contribution in [0.4, 0.5) is 32.0 Å². The molecule has 2 heterocycles. The summed E-state index contributed by atoms with van der Waals surface area (Å²) < 4.78 is 80.8. The molecule has 0 radical (unpaired) electrons. The quantitative estimate of drug-likeness (QED) is 0.282. The van der Waals surface area contributed by atoms with Gasteiger partial charge in [0, 0.05) is 0 Å². The highest BCUT2D eigenvalue weighted by molar-refractivity contribution is 6.42. The third-order valence-corrected chi connectivity index (χ3v) is 5.86. The van der Waals surface area contributed by atoms with Crippen LogP contribution in [0.1, 0.15) is 43.2 Å². The summed E-state index contributed by atoms with van der Waals surface area (Å²) in [4.78, 5) is 26.5. The lowest BCUT2D eigenvalue weighted by Crippen LogP contribution is -2.46. The number of hydrogen-bond acceptors (Lipinski definition) is 2. The molecule has 178 valence electrons. The lowest BCUT2D eigenvalue weighted by atomic mass is 10.1. The van der Waals surface area contributed by atoms with Crippen LogP contribution in [0.25, 0.3) is 0 Å². The van der Waals surface area contributed by atoms with Gasteiger partial charge in [-0.3, -0.25) is 9.59 Å². The van der Waals surface area contributed by atoms with Crippen LogP contribution in [-0.2, 0) is 25.9 Å². The first kappa shape index (κ1) is 23.8. The van der Waals surface area contributed by atoms with Gasteiger partial charge in [-0.2, -0.15) is 26.3 Å². The summed E-state index contributed by atoms with van der Waals surface area (Å²) in [6.07, 6.45) is -10.00. The molecule has 1 aliphatic heterocycles. The summed E-state index contributed by atoms with van der Waals surface area (Å²) in [5, 5.41) is 0.105. The number of anilines is 1. The van der Waals surface area contributed by atoms with E-state index in [-0.39, 0.29) is 33.5 Å². The molecule has 0 saturated carbocycles. The van der Waals surface area contributed by atoms with Gasteiger partial charge in [-0.25, -0.2) is 4.90 Å². The highest BCUT2D eigenvalue weighted by atomic mass is 35.5. The van der Waals surface area contributed by atoms with Gasteiger partial charge < -0.3 is 0 Å². The topological polar surface area (TPSA) is 46.2 Å². The van der Waals surface area contributed by atoms with E-state index in [4.69, 9.17) is 11.6 Å². The zero-order valence-electron chi connectivity index (χ0n) is 17.6. The van der Waals surface area contributed by atoms with E-state index in [0.717, 1.165) is 11.9 Å². The van der Waals surface area contributed by atoms with E-state index >= 15 is 0 Å². The summed E-state index contributed by atoms with van der Waals surface area (Å²) in [7, 11) is 0.891.